The van der Waals surface area contributed by atoms with E-state index >= 15 is 0 Å². The van der Waals surface area contributed by atoms with Gasteiger partial charge in [-0.05, 0) is 75.4 Å². The molecule has 204 valence electrons. The van der Waals surface area contributed by atoms with E-state index < -0.39 is 0 Å². The van der Waals surface area contributed by atoms with E-state index in [9.17, 15) is 5.41 Å². The smallest absolute Gasteiger partial charge is 0.0895 e. The molecule has 1 aliphatic rings. The van der Waals surface area contributed by atoms with Gasteiger partial charge in [0.15, 0.2) is 0 Å². The lowest BCUT2D eigenvalue weighted by Gasteiger charge is -2.26. The zero-order valence-corrected chi connectivity index (χ0v) is 23.5. The SMILES string of the molecule is N=C(/C(=C1\NC(c2ccccc2)=Cc2ccccc21)c1cc(-c2ccccc2)cc(-c2ccccc2)c1)c1ccccn1. The molecule has 0 amide bonds. The largest absolute Gasteiger partial charge is 0.354 e. The zero-order valence-electron chi connectivity index (χ0n) is 23.5. The summed E-state index contributed by atoms with van der Waals surface area (Å²) in [5.74, 6) is 0. The predicted octanol–water partition coefficient (Wildman–Crippen LogP) is 9.45. The molecule has 3 heteroatoms. The summed E-state index contributed by atoms with van der Waals surface area (Å²) in [7, 11) is 0. The number of benzene rings is 5. The van der Waals surface area contributed by atoms with E-state index in [1.165, 1.54) is 0 Å². The molecule has 0 aliphatic carbocycles. The second kappa shape index (κ2) is 11.6. The lowest BCUT2D eigenvalue weighted by molar-refractivity contribution is 1.22. The third-order valence-corrected chi connectivity index (χ3v) is 7.73. The third-order valence-electron chi connectivity index (χ3n) is 7.73. The lowest BCUT2D eigenvalue weighted by atomic mass is 9.86. The predicted molar refractivity (Wildman–Crippen MR) is 179 cm³/mol. The van der Waals surface area contributed by atoms with Crippen LogP contribution in [0.15, 0.2) is 158 Å². The van der Waals surface area contributed by atoms with Crippen LogP contribution in [0.5, 0.6) is 0 Å². The highest BCUT2D eigenvalue weighted by atomic mass is 14.9. The molecule has 5 aromatic carbocycles. The van der Waals surface area contributed by atoms with Crippen molar-refractivity contribution in [3.63, 3.8) is 0 Å². The number of pyridine rings is 1. The molecule has 0 saturated heterocycles. The first-order valence-electron chi connectivity index (χ1n) is 14.4. The molecule has 0 fully saturated rings. The van der Waals surface area contributed by atoms with Crippen molar-refractivity contribution in [2.45, 2.75) is 0 Å². The van der Waals surface area contributed by atoms with Crippen molar-refractivity contribution < 1.29 is 0 Å². The first-order valence-corrected chi connectivity index (χ1v) is 14.4. The van der Waals surface area contributed by atoms with Crippen LogP contribution in [0, 0.1) is 5.41 Å². The molecule has 7 rings (SSSR count). The maximum atomic E-state index is 9.64. The molecule has 0 spiro atoms. The van der Waals surface area contributed by atoms with Gasteiger partial charge in [-0.15, -0.1) is 0 Å². The van der Waals surface area contributed by atoms with Crippen molar-refractivity contribution in [1.29, 1.82) is 5.41 Å². The van der Waals surface area contributed by atoms with E-state index in [-0.39, 0.29) is 0 Å². The maximum Gasteiger partial charge on any atom is 0.0895 e. The topological polar surface area (TPSA) is 48.8 Å². The Morgan fingerprint density at radius 2 is 1.09 bits per heavy atom. The third kappa shape index (κ3) is 5.32. The number of rotatable bonds is 6. The van der Waals surface area contributed by atoms with Gasteiger partial charge in [0.05, 0.1) is 17.1 Å². The summed E-state index contributed by atoms with van der Waals surface area (Å²) in [6.07, 6.45) is 3.94. The first kappa shape index (κ1) is 26.1. The van der Waals surface area contributed by atoms with Crippen molar-refractivity contribution in [1.82, 2.24) is 10.3 Å². The van der Waals surface area contributed by atoms with Gasteiger partial charge < -0.3 is 5.32 Å². The van der Waals surface area contributed by atoms with Crippen LogP contribution in [0.3, 0.4) is 0 Å². The number of nitrogens with one attached hydrogen (secondary N) is 2. The molecule has 0 bridgehead atoms. The fourth-order valence-electron chi connectivity index (χ4n) is 5.63. The molecule has 6 aromatic rings. The van der Waals surface area contributed by atoms with Crippen molar-refractivity contribution in [2.75, 3.05) is 0 Å². The van der Waals surface area contributed by atoms with Crippen LogP contribution in [-0.4, -0.2) is 10.7 Å². The van der Waals surface area contributed by atoms with Crippen LogP contribution in [0.1, 0.15) is 27.9 Å². The Labute approximate surface area is 252 Å². The van der Waals surface area contributed by atoms with Crippen molar-refractivity contribution >= 4 is 28.8 Å². The Balaban J connectivity index is 1.53. The minimum absolute atomic E-state index is 0.358. The Hall–Kier alpha value is -5.80. The number of nitrogens with zero attached hydrogens (tertiary/aromatic N) is 1. The quantitative estimate of drug-likeness (QED) is 0.203. The van der Waals surface area contributed by atoms with E-state index in [1.54, 1.807) is 6.20 Å². The van der Waals surface area contributed by atoms with Gasteiger partial charge in [0.2, 0.25) is 0 Å². The van der Waals surface area contributed by atoms with Gasteiger partial charge in [-0.3, -0.25) is 10.4 Å². The number of allylic oxidation sites excluding steroid dienone is 1. The molecule has 43 heavy (non-hydrogen) atoms. The first-order chi connectivity index (χ1) is 21.2. The Morgan fingerprint density at radius 1 is 0.535 bits per heavy atom. The zero-order chi connectivity index (χ0) is 29.0. The van der Waals surface area contributed by atoms with E-state index in [2.05, 4.69) is 120 Å². The fraction of sp³-hybridized carbons (Fsp3) is 0. The summed E-state index contributed by atoms with van der Waals surface area (Å²) < 4.78 is 0. The Morgan fingerprint density at radius 3 is 1.70 bits per heavy atom. The highest BCUT2D eigenvalue weighted by Crippen LogP contribution is 2.38. The lowest BCUT2D eigenvalue weighted by Crippen LogP contribution is -2.20. The molecular formula is C40H29N3. The van der Waals surface area contributed by atoms with Crippen molar-refractivity contribution in [2.24, 2.45) is 0 Å². The molecule has 2 heterocycles. The average molecular weight is 552 g/mol. The van der Waals surface area contributed by atoms with Gasteiger partial charge in [-0.1, -0.05) is 121 Å². The molecule has 2 N–H and O–H groups in total. The van der Waals surface area contributed by atoms with Gasteiger partial charge in [-0.25, -0.2) is 0 Å². The average Bonchev–Trinajstić information content (AvgIpc) is 3.09. The fourth-order valence-corrected chi connectivity index (χ4v) is 5.63. The van der Waals surface area contributed by atoms with Crippen LogP contribution in [0.25, 0.3) is 45.3 Å². The van der Waals surface area contributed by atoms with Crippen LogP contribution >= 0.6 is 0 Å². The molecule has 0 unspecified atom stereocenters. The van der Waals surface area contributed by atoms with Crippen LogP contribution < -0.4 is 5.32 Å². The summed E-state index contributed by atoms with van der Waals surface area (Å²) >= 11 is 0. The van der Waals surface area contributed by atoms with Crippen LogP contribution in [-0.2, 0) is 0 Å². The highest BCUT2D eigenvalue weighted by molar-refractivity contribution is 6.36. The summed E-state index contributed by atoms with van der Waals surface area (Å²) in [6, 6.07) is 52.0. The second-order valence-electron chi connectivity index (χ2n) is 10.5. The minimum atomic E-state index is 0.358. The van der Waals surface area contributed by atoms with E-state index in [4.69, 9.17) is 0 Å². The van der Waals surface area contributed by atoms with Gasteiger partial charge in [0.1, 0.15) is 0 Å². The Bertz CT molecular complexity index is 1920. The molecule has 3 nitrogen and oxygen atoms in total. The molecule has 0 atom stereocenters. The molecule has 1 aliphatic heterocycles. The van der Waals surface area contributed by atoms with Gasteiger partial charge in [0.25, 0.3) is 0 Å². The van der Waals surface area contributed by atoms with Gasteiger partial charge >= 0.3 is 0 Å². The number of hydrogen-bond acceptors (Lipinski definition) is 3. The summed E-state index contributed by atoms with van der Waals surface area (Å²) in [5.41, 5.74) is 12.2. The second-order valence-corrected chi connectivity index (χ2v) is 10.5. The molecule has 0 saturated carbocycles. The highest BCUT2D eigenvalue weighted by Gasteiger charge is 2.25. The van der Waals surface area contributed by atoms with Crippen LogP contribution in [0.4, 0.5) is 0 Å². The summed E-state index contributed by atoms with van der Waals surface area (Å²) in [5, 5.41) is 13.4. The van der Waals surface area contributed by atoms with Gasteiger partial charge in [0, 0.05) is 23.0 Å². The van der Waals surface area contributed by atoms with E-state index in [0.29, 0.717) is 11.4 Å². The minimum Gasteiger partial charge on any atom is -0.354 e. The molecule has 1 aromatic heterocycles. The van der Waals surface area contributed by atoms with Crippen LogP contribution in [0.2, 0.25) is 0 Å². The number of fused-ring (bicyclic) bond motifs is 1. The molecular weight excluding hydrogens is 522 g/mol. The van der Waals surface area contributed by atoms with Crippen molar-refractivity contribution in [3.05, 3.63) is 186 Å². The standard InChI is InChI=1S/C40H29N3/c41-39(36-22-12-13-23-42-36)38(40-35-21-11-10-20-31(35)27-37(43-40)30-18-8-3-9-19-30)34-25-32(28-14-4-1-5-15-28)24-33(26-34)29-16-6-2-7-17-29/h1-27,41,43H/b40-38-,41-39?. The van der Waals surface area contributed by atoms with Gasteiger partial charge in [-0.2, -0.15) is 0 Å². The Kier molecular flexibility index (Phi) is 7.04. The van der Waals surface area contributed by atoms with E-state index in [1.807, 2.05) is 48.5 Å². The van der Waals surface area contributed by atoms with E-state index in [0.717, 1.165) is 61.5 Å². The number of aromatic nitrogens is 1. The maximum absolute atomic E-state index is 9.64. The molecule has 0 radical (unpaired) electrons. The summed E-state index contributed by atoms with van der Waals surface area (Å²) in [6.45, 7) is 0. The normalized spacial score (nSPS) is 13.3. The summed E-state index contributed by atoms with van der Waals surface area (Å²) in [4.78, 5) is 4.61. The monoisotopic (exact) mass is 551 g/mol. The number of hydrogen-bond donors (Lipinski definition) is 2. The van der Waals surface area contributed by atoms with Crippen molar-refractivity contribution in [3.8, 4) is 22.3 Å².